The zero-order valence-corrected chi connectivity index (χ0v) is 12.8. The van der Waals surface area contributed by atoms with Gasteiger partial charge in [0.1, 0.15) is 0 Å². The Labute approximate surface area is 122 Å². The monoisotopic (exact) mass is 297 g/mol. The predicted molar refractivity (Wildman–Crippen MR) is 76.6 cm³/mol. The van der Waals surface area contributed by atoms with Crippen LogP contribution in [0.2, 0.25) is 0 Å². The zero-order valence-electron chi connectivity index (χ0n) is 12.0. The molecule has 7 heteroatoms. The Hall–Kier alpha value is -1.76. The number of hydrogen-bond donors (Lipinski definition) is 0. The molecular weight excluding hydrogens is 278 g/mol. The Morgan fingerprint density at radius 2 is 2.10 bits per heavy atom. The van der Waals surface area contributed by atoms with Crippen LogP contribution in [0.15, 0.2) is 12.2 Å². The Morgan fingerprint density at radius 3 is 2.65 bits per heavy atom. The summed E-state index contributed by atoms with van der Waals surface area (Å²) in [6, 6.07) is 0. The van der Waals surface area contributed by atoms with Gasteiger partial charge in [-0.05, 0) is 31.8 Å². The Morgan fingerprint density at radius 1 is 1.40 bits per heavy atom. The summed E-state index contributed by atoms with van der Waals surface area (Å²) >= 11 is 0.984. The van der Waals surface area contributed by atoms with Crippen LogP contribution >= 0.6 is 11.5 Å². The Balaban J connectivity index is 2.56. The summed E-state index contributed by atoms with van der Waals surface area (Å²) in [5.41, 5.74) is 1.48. The van der Waals surface area contributed by atoms with E-state index in [0.717, 1.165) is 17.1 Å². The number of likely N-dealkylation sites (N-methyl/N-ethyl adjacent to an activating group) is 1. The molecule has 1 heterocycles. The molecule has 0 bridgehead atoms. The standard InChI is InChI=1S/C13H19N3O3S/c1-5-10-12(20-15-14-10)13(18)19-8-11(17)16(6-2)7-9(3)4/h3,5-8H2,1-2,4H3. The van der Waals surface area contributed by atoms with Crippen molar-refractivity contribution in [3.8, 4) is 0 Å². The average molecular weight is 297 g/mol. The SMILES string of the molecule is C=C(C)CN(CC)C(=O)COC(=O)c1snnc1CC. The molecule has 0 unspecified atom stereocenters. The second-order valence-corrected chi connectivity index (χ2v) is 5.10. The van der Waals surface area contributed by atoms with E-state index in [9.17, 15) is 9.59 Å². The van der Waals surface area contributed by atoms with Crippen molar-refractivity contribution in [3.63, 3.8) is 0 Å². The average Bonchev–Trinajstić information content (AvgIpc) is 2.89. The minimum absolute atomic E-state index is 0.237. The highest BCUT2D eigenvalue weighted by molar-refractivity contribution is 7.07. The van der Waals surface area contributed by atoms with Crippen molar-refractivity contribution >= 4 is 23.4 Å². The largest absolute Gasteiger partial charge is 0.451 e. The lowest BCUT2D eigenvalue weighted by Crippen LogP contribution is -2.35. The first kappa shape index (κ1) is 16.3. The van der Waals surface area contributed by atoms with Crippen LogP contribution in [0.5, 0.6) is 0 Å². The first-order valence-corrected chi connectivity index (χ1v) is 7.17. The van der Waals surface area contributed by atoms with E-state index in [4.69, 9.17) is 4.74 Å². The maximum atomic E-state index is 11.9. The first-order valence-electron chi connectivity index (χ1n) is 6.40. The van der Waals surface area contributed by atoms with Gasteiger partial charge in [0.25, 0.3) is 5.91 Å². The summed E-state index contributed by atoms with van der Waals surface area (Å²) in [6.45, 7) is 10.1. The van der Waals surface area contributed by atoms with Gasteiger partial charge in [0, 0.05) is 13.1 Å². The van der Waals surface area contributed by atoms with E-state index in [1.807, 2.05) is 20.8 Å². The molecule has 0 N–H and O–H groups in total. The van der Waals surface area contributed by atoms with E-state index >= 15 is 0 Å². The molecule has 110 valence electrons. The van der Waals surface area contributed by atoms with Gasteiger partial charge in [-0.2, -0.15) is 0 Å². The van der Waals surface area contributed by atoms with Gasteiger partial charge in [-0.15, -0.1) is 5.10 Å². The summed E-state index contributed by atoms with van der Waals surface area (Å²) in [7, 11) is 0. The Bertz CT molecular complexity index is 499. The van der Waals surface area contributed by atoms with Crippen LogP contribution in [0.25, 0.3) is 0 Å². The van der Waals surface area contributed by atoms with Gasteiger partial charge < -0.3 is 9.64 Å². The van der Waals surface area contributed by atoms with Gasteiger partial charge in [0.05, 0.1) is 5.69 Å². The fraction of sp³-hybridized carbons (Fsp3) is 0.538. The molecule has 6 nitrogen and oxygen atoms in total. The van der Waals surface area contributed by atoms with Gasteiger partial charge >= 0.3 is 5.97 Å². The van der Waals surface area contributed by atoms with Gasteiger partial charge in [-0.25, -0.2) is 4.79 Å². The van der Waals surface area contributed by atoms with E-state index in [2.05, 4.69) is 16.2 Å². The van der Waals surface area contributed by atoms with Crippen LogP contribution in [0.4, 0.5) is 0 Å². The smallest absolute Gasteiger partial charge is 0.352 e. The van der Waals surface area contributed by atoms with Crippen molar-refractivity contribution in [2.24, 2.45) is 0 Å². The minimum Gasteiger partial charge on any atom is -0.451 e. The fourth-order valence-corrected chi connectivity index (χ4v) is 2.23. The third-order valence-electron chi connectivity index (χ3n) is 2.60. The number of nitrogens with zero attached hydrogens (tertiary/aromatic N) is 3. The molecule has 0 spiro atoms. The summed E-state index contributed by atoms with van der Waals surface area (Å²) in [5, 5.41) is 3.83. The fourth-order valence-electron chi connectivity index (χ4n) is 1.58. The first-order chi connectivity index (χ1) is 9.49. The number of ether oxygens (including phenoxy) is 1. The molecule has 0 aliphatic carbocycles. The van der Waals surface area contributed by atoms with Crippen LogP contribution in [0.3, 0.4) is 0 Å². The van der Waals surface area contributed by atoms with Crippen molar-refractivity contribution in [2.45, 2.75) is 27.2 Å². The predicted octanol–water partition coefficient (Wildman–Crippen LogP) is 1.68. The van der Waals surface area contributed by atoms with E-state index in [1.54, 1.807) is 4.90 Å². The van der Waals surface area contributed by atoms with Crippen LogP contribution < -0.4 is 0 Å². The normalized spacial score (nSPS) is 10.2. The molecule has 0 aromatic carbocycles. The van der Waals surface area contributed by atoms with Crippen molar-refractivity contribution in [1.29, 1.82) is 0 Å². The molecule has 1 amide bonds. The molecule has 0 saturated carbocycles. The quantitative estimate of drug-likeness (QED) is 0.565. The van der Waals surface area contributed by atoms with Gasteiger partial charge in [0.15, 0.2) is 11.5 Å². The summed E-state index contributed by atoms with van der Waals surface area (Å²) in [4.78, 5) is 25.7. The topological polar surface area (TPSA) is 72.4 Å². The highest BCUT2D eigenvalue weighted by Crippen LogP contribution is 2.12. The van der Waals surface area contributed by atoms with Gasteiger partial charge in [-0.1, -0.05) is 23.6 Å². The van der Waals surface area contributed by atoms with E-state index in [0.29, 0.717) is 30.1 Å². The van der Waals surface area contributed by atoms with Crippen LogP contribution in [0.1, 0.15) is 36.1 Å². The van der Waals surface area contributed by atoms with Crippen molar-refractivity contribution in [3.05, 3.63) is 22.7 Å². The number of aromatic nitrogens is 2. The molecule has 20 heavy (non-hydrogen) atoms. The van der Waals surface area contributed by atoms with Crippen LogP contribution in [-0.2, 0) is 16.0 Å². The summed E-state index contributed by atoms with van der Waals surface area (Å²) in [5.74, 6) is -0.782. The molecule has 1 aromatic heterocycles. The van der Waals surface area contributed by atoms with Crippen molar-refractivity contribution in [2.75, 3.05) is 19.7 Å². The second kappa shape index (κ2) is 7.74. The summed E-state index contributed by atoms with van der Waals surface area (Å²) < 4.78 is 8.74. The third-order valence-corrected chi connectivity index (χ3v) is 3.35. The number of esters is 1. The molecule has 0 radical (unpaired) electrons. The van der Waals surface area contributed by atoms with Gasteiger partial charge in [0.2, 0.25) is 0 Å². The molecule has 1 aromatic rings. The molecule has 0 fully saturated rings. The number of carbonyl (C=O) groups excluding carboxylic acids is 2. The Kier molecular flexibility index (Phi) is 6.30. The molecule has 0 atom stereocenters. The van der Waals surface area contributed by atoms with E-state index in [-0.39, 0.29) is 12.5 Å². The maximum Gasteiger partial charge on any atom is 0.352 e. The highest BCUT2D eigenvalue weighted by Gasteiger charge is 2.19. The van der Waals surface area contributed by atoms with Crippen LogP contribution in [-0.4, -0.2) is 46.1 Å². The van der Waals surface area contributed by atoms with Crippen molar-refractivity contribution < 1.29 is 14.3 Å². The van der Waals surface area contributed by atoms with E-state index in [1.165, 1.54) is 0 Å². The number of aryl methyl sites for hydroxylation is 1. The lowest BCUT2D eigenvalue weighted by Gasteiger charge is -2.20. The zero-order chi connectivity index (χ0) is 15.1. The van der Waals surface area contributed by atoms with Crippen molar-refractivity contribution in [1.82, 2.24) is 14.5 Å². The minimum atomic E-state index is -0.545. The molecule has 0 saturated heterocycles. The summed E-state index contributed by atoms with van der Waals surface area (Å²) in [6.07, 6.45) is 0.603. The third kappa shape index (κ3) is 4.41. The van der Waals surface area contributed by atoms with Gasteiger partial charge in [-0.3, -0.25) is 4.79 Å². The molecule has 1 rings (SSSR count). The molecule has 0 aliphatic rings. The second-order valence-electron chi connectivity index (χ2n) is 4.34. The number of carbonyl (C=O) groups is 2. The lowest BCUT2D eigenvalue weighted by molar-refractivity contribution is -0.133. The molecular formula is C13H19N3O3S. The van der Waals surface area contributed by atoms with E-state index < -0.39 is 5.97 Å². The van der Waals surface area contributed by atoms with Crippen LogP contribution in [0, 0.1) is 0 Å². The lowest BCUT2D eigenvalue weighted by atomic mass is 10.3. The number of rotatable bonds is 7. The maximum absolute atomic E-state index is 11.9. The number of hydrogen-bond acceptors (Lipinski definition) is 6. The molecule has 0 aliphatic heterocycles. The number of amides is 1. The highest BCUT2D eigenvalue weighted by atomic mass is 32.1.